The van der Waals surface area contributed by atoms with Crippen LogP contribution in [0.15, 0.2) is 64.7 Å². The average Bonchev–Trinajstić information content (AvgIpc) is 3.17. The van der Waals surface area contributed by atoms with Gasteiger partial charge in [0.15, 0.2) is 0 Å². The first-order valence-electron chi connectivity index (χ1n) is 10.4. The monoisotopic (exact) mass is 451 g/mol. The first-order valence-corrected chi connectivity index (χ1v) is 11.6. The Kier molecular flexibility index (Phi) is 6.23. The highest BCUT2D eigenvalue weighted by atomic mass is 32.2. The van der Waals surface area contributed by atoms with E-state index in [-0.39, 0.29) is 19.1 Å². The van der Waals surface area contributed by atoms with Crippen LogP contribution in [0.3, 0.4) is 0 Å². The third kappa shape index (κ3) is 4.36. The van der Waals surface area contributed by atoms with Gasteiger partial charge in [0.25, 0.3) is 0 Å². The van der Waals surface area contributed by atoms with E-state index in [1.165, 1.54) is 4.90 Å². The van der Waals surface area contributed by atoms with Crippen molar-refractivity contribution < 1.29 is 19.1 Å². The Morgan fingerprint density at radius 3 is 2.66 bits per heavy atom. The Bertz CT molecular complexity index is 1090. The van der Waals surface area contributed by atoms with Crippen LogP contribution >= 0.6 is 11.8 Å². The van der Waals surface area contributed by atoms with Crippen LogP contribution in [0.1, 0.15) is 36.9 Å². The van der Waals surface area contributed by atoms with E-state index in [9.17, 15) is 14.4 Å². The fourth-order valence-electron chi connectivity index (χ4n) is 3.84. The number of benzene rings is 2. The molecule has 0 saturated heterocycles. The molecule has 0 radical (unpaired) electrons. The molecule has 8 heteroatoms. The van der Waals surface area contributed by atoms with Crippen molar-refractivity contribution in [2.24, 2.45) is 0 Å². The number of nitrogens with zero attached hydrogens (tertiary/aromatic N) is 1. The maximum atomic E-state index is 12.9. The second kappa shape index (κ2) is 9.08. The van der Waals surface area contributed by atoms with E-state index < -0.39 is 18.0 Å². The summed E-state index contributed by atoms with van der Waals surface area (Å²) in [7, 11) is 0. The number of urea groups is 1. The molecular formula is C24H25N3O4S. The Balaban J connectivity index is 1.56. The predicted molar refractivity (Wildman–Crippen MR) is 123 cm³/mol. The molecular weight excluding hydrogens is 426 g/mol. The van der Waals surface area contributed by atoms with Gasteiger partial charge in [0.2, 0.25) is 5.91 Å². The standard InChI is InChI=1S/C24H25N3O4S/c1-14(2)16-5-4-6-17(11-16)25-20(28)12-27-19-13-31-23(29)21(19)22(26-24(27)30)15-7-9-18(32-3)10-8-15/h4-11,14,22H,12-13H2,1-3H3,(H,25,28)(H,26,30)/t22-/m1/s1. The molecule has 0 aromatic heterocycles. The van der Waals surface area contributed by atoms with E-state index in [0.29, 0.717) is 22.9 Å². The lowest BCUT2D eigenvalue weighted by Crippen LogP contribution is -2.49. The van der Waals surface area contributed by atoms with Crippen molar-refractivity contribution in [2.75, 3.05) is 24.7 Å². The fourth-order valence-corrected chi connectivity index (χ4v) is 4.25. The number of carbonyl (C=O) groups is 3. The largest absolute Gasteiger partial charge is 0.456 e. The molecule has 2 aliphatic rings. The third-order valence-electron chi connectivity index (χ3n) is 5.59. The number of hydrogen-bond acceptors (Lipinski definition) is 5. The van der Waals surface area contributed by atoms with E-state index in [2.05, 4.69) is 24.5 Å². The summed E-state index contributed by atoms with van der Waals surface area (Å²) in [4.78, 5) is 40.5. The van der Waals surface area contributed by atoms with E-state index in [1.807, 2.05) is 48.7 Å². The topological polar surface area (TPSA) is 87.7 Å². The Morgan fingerprint density at radius 1 is 1.22 bits per heavy atom. The predicted octanol–water partition coefficient (Wildman–Crippen LogP) is 4.05. The van der Waals surface area contributed by atoms with Crippen molar-refractivity contribution in [3.63, 3.8) is 0 Å². The molecule has 7 nitrogen and oxygen atoms in total. The zero-order chi connectivity index (χ0) is 22.8. The number of rotatable bonds is 6. The lowest BCUT2D eigenvalue weighted by atomic mass is 9.96. The summed E-state index contributed by atoms with van der Waals surface area (Å²) >= 11 is 1.61. The van der Waals surface area contributed by atoms with Gasteiger partial charge in [0.1, 0.15) is 13.2 Å². The highest BCUT2D eigenvalue weighted by Gasteiger charge is 2.42. The summed E-state index contributed by atoms with van der Waals surface area (Å²) in [5.74, 6) is -0.500. The van der Waals surface area contributed by atoms with Crippen molar-refractivity contribution in [3.05, 3.63) is 70.9 Å². The molecule has 2 aliphatic heterocycles. The summed E-state index contributed by atoms with van der Waals surface area (Å²) in [6, 6.07) is 14.2. The quantitative estimate of drug-likeness (QED) is 0.511. The molecule has 2 N–H and O–H groups in total. The van der Waals surface area contributed by atoms with Gasteiger partial charge in [-0.1, -0.05) is 38.1 Å². The fraction of sp³-hybridized carbons (Fsp3) is 0.292. The van der Waals surface area contributed by atoms with Gasteiger partial charge in [-0.05, 0) is 47.6 Å². The molecule has 0 fully saturated rings. The molecule has 0 spiro atoms. The van der Waals surface area contributed by atoms with Crippen molar-refractivity contribution in [1.29, 1.82) is 0 Å². The second-order valence-corrected chi connectivity index (χ2v) is 8.89. The van der Waals surface area contributed by atoms with Crippen molar-refractivity contribution in [2.45, 2.75) is 30.7 Å². The van der Waals surface area contributed by atoms with Crippen LogP contribution in [0, 0.1) is 0 Å². The molecule has 32 heavy (non-hydrogen) atoms. The van der Waals surface area contributed by atoms with Gasteiger partial charge in [-0.25, -0.2) is 9.59 Å². The summed E-state index contributed by atoms with van der Waals surface area (Å²) < 4.78 is 5.23. The highest BCUT2D eigenvalue weighted by Crippen LogP contribution is 2.35. The van der Waals surface area contributed by atoms with Gasteiger partial charge >= 0.3 is 12.0 Å². The normalized spacial score (nSPS) is 17.9. The number of ether oxygens (including phenoxy) is 1. The highest BCUT2D eigenvalue weighted by molar-refractivity contribution is 7.98. The maximum absolute atomic E-state index is 12.9. The molecule has 2 aromatic rings. The van der Waals surface area contributed by atoms with Crippen LogP contribution in [0.25, 0.3) is 0 Å². The van der Waals surface area contributed by atoms with E-state index in [0.717, 1.165) is 16.0 Å². The zero-order valence-electron chi connectivity index (χ0n) is 18.2. The minimum absolute atomic E-state index is 0.0307. The van der Waals surface area contributed by atoms with Crippen LogP contribution in [-0.2, 0) is 14.3 Å². The molecule has 3 amide bonds. The van der Waals surface area contributed by atoms with Crippen molar-refractivity contribution in [3.8, 4) is 0 Å². The van der Waals surface area contributed by atoms with E-state index >= 15 is 0 Å². The van der Waals surface area contributed by atoms with Gasteiger partial charge in [-0.2, -0.15) is 0 Å². The molecule has 0 bridgehead atoms. The Labute approximate surface area is 191 Å². The number of anilines is 1. The number of amides is 3. The molecule has 2 aromatic carbocycles. The SMILES string of the molecule is CSc1ccc([C@H]2NC(=O)N(CC(=O)Nc3cccc(C(C)C)c3)C3=C2C(=O)OC3)cc1. The first kappa shape index (κ1) is 22.0. The first-order chi connectivity index (χ1) is 15.4. The molecule has 0 saturated carbocycles. The lowest BCUT2D eigenvalue weighted by molar-refractivity contribution is -0.136. The van der Waals surface area contributed by atoms with E-state index in [4.69, 9.17) is 4.74 Å². The average molecular weight is 452 g/mol. The van der Waals surface area contributed by atoms with Crippen molar-refractivity contribution in [1.82, 2.24) is 10.2 Å². The van der Waals surface area contributed by atoms with Crippen LogP contribution in [0.2, 0.25) is 0 Å². The zero-order valence-corrected chi connectivity index (χ0v) is 19.0. The minimum Gasteiger partial charge on any atom is -0.456 e. The van der Waals surface area contributed by atoms with Gasteiger partial charge in [-0.15, -0.1) is 11.8 Å². The lowest BCUT2D eigenvalue weighted by Gasteiger charge is -2.32. The number of nitrogens with one attached hydrogen (secondary N) is 2. The molecule has 4 rings (SSSR count). The minimum atomic E-state index is -0.606. The Morgan fingerprint density at radius 2 is 1.97 bits per heavy atom. The second-order valence-electron chi connectivity index (χ2n) is 8.01. The molecule has 1 atom stereocenters. The summed E-state index contributed by atoms with van der Waals surface area (Å²) in [6.45, 7) is 3.91. The van der Waals surface area contributed by atoms with Crippen LogP contribution in [0.5, 0.6) is 0 Å². The van der Waals surface area contributed by atoms with Crippen LogP contribution in [-0.4, -0.2) is 42.2 Å². The summed E-state index contributed by atoms with van der Waals surface area (Å²) in [5, 5.41) is 5.70. The summed E-state index contributed by atoms with van der Waals surface area (Å²) in [5.41, 5.74) is 3.36. The van der Waals surface area contributed by atoms with Gasteiger partial charge < -0.3 is 15.4 Å². The maximum Gasteiger partial charge on any atom is 0.338 e. The Hall–Kier alpha value is -3.26. The number of thioether (sulfide) groups is 1. The van der Waals surface area contributed by atoms with Gasteiger partial charge in [-0.3, -0.25) is 9.69 Å². The smallest absolute Gasteiger partial charge is 0.338 e. The molecule has 166 valence electrons. The molecule has 0 unspecified atom stereocenters. The third-order valence-corrected chi connectivity index (χ3v) is 6.33. The molecule has 2 heterocycles. The van der Waals surface area contributed by atoms with Crippen molar-refractivity contribution >= 4 is 35.4 Å². The van der Waals surface area contributed by atoms with Crippen LogP contribution < -0.4 is 10.6 Å². The van der Waals surface area contributed by atoms with Gasteiger partial charge in [0.05, 0.1) is 17.3 Å². The van der Waals surface area contributed by atoms with E-state index in [1.54, 1.807) is 17.8 Å². The number of cyclic esters (lactones) is 1. The number of hydrogen-bond donors (Lipinski definition) is 2. The molecule has 0 aliphatic carbocycles. The summed E-state index contributed by atoms with van der Waals surface area (Å²) in [6.07, 6.45) is 1.98. The number of carbonyl (C=O) groups excluding carboxylic acids is 3. The number of esters is 1. The van der Waals surface area contributed by atoms with Gasteiger partial charge in [0, 0.05) is 10.6 Å². The van der Waals surface area contributed by atoms with Crippen LogP contribution in [0.4, 0.5) is 10.5 Å².